The first kappa shape index (κ1) is 13.3. The summed E-state index contributed by atoms with van der Waals surface area (Å²) < 4.78 is 13.4. The number of halogens is 1. The normalized spacial score (nSPS) is 22.1. The number of benzene rings is 2. The molecule has 1 unspecified atom stereocenters. The lowest BCUT2D eigenvalue weighted by Crippen LogP contribution is -2.39. The van der Waals surface area contributed by atoms with Crippen molar-refractivity contribution in [2.45, 2.75) is 37.6 Å². The Kier molecular flexibility index (Phi) is 3.58. The molecule has 0 heterocycles. The second-order valence-corrected chi connectivity index (χ2v) is 5.83. The van der Waals surface area contributed by atoms with Gasteiger partial charge in [0.05, 0.1) is 0 Å². The number of fused-ring (bicyclic) bond motifs is 1. The van der Waals surface area contributed by atoms with Crippen molar-refractivity contribution in [2.24, 2.45) is 5.73 Å². The van der Waals surface area contributed by atoms with Gasteiger partial charge in [-0.05, 0) is 54.5 Å². The van der Waals surface area contributed by atoms with Crippen LogP contribution in [0.5, 0.6) is 0 Å². The third kappa shape index (κ3) is 2.61. The SMILES string of the molecule is NC1(Cc2cccc(F)c2)CCCCc2ccccc21. The van der Waals surface area contributed by atoms with Crippen LogP contribution in [-0.4, -0.2) is 0 Å². The lowest BCUT2D eigenvalue weighted by atomic mass is 9.80. The minimum Gasteiger partial charge on any atom is -0.321 e. The highest BCUT2D eigenvalue weighted by Gasteiger charge is 2.31. The lowest BCUT2D eigenvalue weighted by molar-refractivity contribution is 0.398. The Balaban J connectivity index is 1.98. The third-order valence-corrected chi connectivity index (χ3v) is 4.28. The maximum Gasteiger partial charge on any atom is 0.123 e. The summed E-state index contributed by atoms with van der Waals surface area (Å²) in [7, 11) is 0. The minimum absolute atomic E-state index is 0.187. The Morgan fingerprint density at radius 1 is 1.05 bits per heavy atom. The number of hydrogen-bond donors (Lipinski definition) is 1. The van der Waals surface area contributed by atoms with Gasteiger partial charge in [-0.25, -0.2) is 4.39 Å². The van der Waals surface area contributed by atoms with Crippen LogP contribution in [0.15, 0.2) is 48.5 Å². The molecule has 2 N–H and O–H groups in total. The summed E-state index contributed by atoms with van der Waals surface area (Å²) in [5.74, 6) is -0.187. The average Bonchev–Trinajstić information content (AvgIpc) is 2.59. The largest absolute Gasteiger partial charge is 0.321 e. The molecule has 0 fully saturated rings. The van der Waals surface area contributed by atoms with E-state index in [1.807, 2.05) is 6.07 Å². The van der Waals surface area contributed by atoms with Crippen molar-refractivity contribution in [1.29, 1.82) is 0 Å². The summed E-state index contributed by atoms with van der Waals surface area (Å²) in [5, 5.41) is 0. The second kappa shape index (κ2) is 5.37. The van der Waals surface area contributed by atoms with Crippen LogP contribution in [-0.2, 0) is 18.4 Å². The molecule has 2 heteroatoms. The van der Waals surface area contributed by atoms with E-state index in [2.05, 4.69) is 24.3 Å². The molecule has 0 radical (unpaired) electrons. The minimum atomic E-state index is -0.374. The van der Waals surface area contributed by atoms with Crippen molar-refractivity contribution in [1.82, 2.24) is 0 Å². The van der Waals surface area contributed by atoms with Crippen molar-refractivity contribution in [3.63, 3.8) is 0 Å². The van der Waals surface area contributed by atoms with Crippen LogP contribution in [0.3, 0.4) is 0 Å². The zero-order valence-corrected chi connectivity index (χ0v) is 11.6. The van der Waals surface area contributed by atoms with E-state index < -0.39 is 0 Å². The van der Waals surface area contributed by atoms with Crippen molar-refractivity contribution >= 4 is 0 Å². The van der Waals surface area contributed by atoms with Crippen LogP contribution in [0.1, 0.15) is 36.0 Å². The Morgan fingerprint density at radius 3 is 2.75 bits per heavy atom. The zero-order valence-electron chi connectivity index (χ0n) is 11.6. The first-order valence-electron chi connectivity index (χ1n) is 7.29. The van der Waals surface area contributed by atoms with Crippen molar-refractivity contribution in [3.05, 3.63) is 71.0 Å². The van der Waals surface area contributed by atoms with Gasteiger partial charge in [-0.15, -0.1) is 0 Å². The third-order valence-electron chi connectivity index (χ3n) is 4.28. The monoisotopic (exact) mass is 269 g/mol. The van der Waals surface area contributed by atoms with Gasteiger partial charge in [-0.1, -0.05) is 42.8 Å². The molecule has 0 spiro atoms. The Morgan fingerprint density at radius 2 is 1.90 bits per heavy atom. The first-order valence-corrected chi connectivity index (χ1v) is 7.29. The van der Waals surface area contributed by atoms with Crippen LogP contribution in [0.4, 0.5) is 4.39 Å². The molecule has 0 aromatic heterocycles. The summed E-state index contributed by atoms with van der Waals surface area (Å²) in [6.45, 7) is 0. The summed E-state index contributed by atoms with van der Waals surface area (Å²) in [4.78, 5) is 0. The van der Waals surface area contributed by atoms with Gasteiger partial charge in [0.2, 0.25) is 0 Å². The van der Waals surface area contributed by atoms with Crippen LogP contribution in [0, 0.1) is 5.82 Å². The van der Waals surface area contributed by atoms with Gasteiger partial charge in [0.1, 0.15) is 5.82 Å². The molecular weight excluding hydrogens is 249 g/mol. The topological polar surface area (TPSA) is 26.0 Å². The van der Waals surface area contributed by atoms with E-state index in [9.17, 15) is 4.39 Å². The van der Waals surface area contributed by atoms with Crippen molar-refractivity contribution < 1.29 is 4.39 Å². The molecule has 1 aliphatic carbocycles. The molecule has 2 aromatic carbocycles. The lowest BCUT2D eigenvalue weighted by Gasteiger charge is -2.30. The van der Waals surface area contributed by atoms with E-state index in [0.717, 1.165) is 24.8 Å². The summed E-state index contributed by atoms with van der Waals surface area (Å²) >= 11 is 0. The van der Waals surface area contributed by atoms with Gasteiger partial charge in [-0.2, -0.15) is 0 Å². The smallest absolute Gasteiger partial charge is 0.123 e. The molecule has 0 saturated carbocycles. The number of rotatable bonds is 2. The fourth-order valence-corrected chi connectivity index (χ4v) is 3.31. The van der Waals surface area contributed by atoms with Gasteiger partial charge >= 0.3 is 0 Å². The van der Waals surface area contributed by atoms with Crippen molar-refractivity contribution in [3.8, 4) is 0 Å². The van der Waals surface area contributed by atoms with Gasteiger partial charge < -0.3 is 5.73 Å². The highest BCUT2D eigenvalue weighted by atomic mass is 19.1. The van der Waals surface area contributed by atoms with Crippen LogP contribution >= 0.6 is 0 Å². The van der Waals surface area contributed by atoms with Gasteiger partial charge in [0.15, 0.2) is 0 Å². The summed E-state index contributed by atoms with van der Waals surface area (Å²) in [6.07, 6.45) is 5.06. The van der Waals surface area contributed by atoms with E-state index in [1.165, 1.54) is 23.6 Å². The van der Waals surface area contributed by atoms with Crippen molar-refractivity contribution in [2.75, 3.05) is 0 Å². The molecule has 3 rings (SSSR count). The van der Waals surface area contributed by atoms with Crippen LogP contribution in [0.2, 0.25) is 0 Å². The number of aryl methyl sites for hydroxylation is 1. The van der Waals surface area contributed by atoms with Crippen LogP contribution < -0.4 is 5.73 Å². The molecule has 0 saturated heterocycles. The van der Waals surface area contributed by atoms with Gasteiger partial charge in [0.25, 0.3) is 0 Å². The zero-order chi connectivity index (χ0) is 14.0. The second-order valence-electron chi connectivity index (χ2n) is 5.83. The molecule has 1 aliphatic rings. The first-order chi connectivity index (χ1) is 9.67. The standard InChI is InChI=1S/C18H20FN/c19-16-9-5-6-14(12-16)13-18(20)11-4-3-8-15-7-1-2-10-17(15)18/h1-2,5-7,9-10,12H,3-4,8,11,13,20H2. The highest BCUT2D eigenvalue weighted by molar-refractivity contribution is 5.36. The predicted octanol–water partition coefficient (Wildman–Crippen LogP) is 3.95. The maximum absolute atomic E-state index is 13.4. The van der Waals surface area contributed by atoms with E-state index >= 15 is 0 Å². The Hall–Kier alpha value is -1.67. The predicted molar refractivity (Wildman–Crippen MR) is 80.0 cm³/mol. The fourth-order valence-electron chi connectivity index (χ4n) is 3.31. The average molecular weight is 269 g/mol. The molecule has 1 nitrogen and oxygen atoms in total. The van der Waals surface area contributed by atoms with Gasteiger partial charge in [0, 0.05) is 5.54 Å². The molecule has 0 bridgehead atoms. The molecular formula is C18H20FN. The highest BCUT2D eigenvalue weighted by Crippen LogP contribution is 2.34. The van der Waals surface area contributed by atoms with E-state index in [0.29, 0.717) is 6.42 Å². The summed E-state index contributed by atoms with van der Waals surface area (Å²) in [5.41, 5.74) is 9.92. The van der Waals surface area contributed by atoms with E-state index in [-0.39, 0.29) is 11.4 Å². The maximum atomic E-state index is 13.4. The van der Waals surface area contributed by atoms with E-state index in [1.54, 1.807) is 12.1 Å². The van der Waals surface area contributed by atoms with Crippen LogP contribution in [0.25, 0.3) is 0 Å². The molecule has 1 atom stereocenters. The number of hydrogen-bond acceptors (Lipinski definition) is 1. The quantitative estimate of drug-likeness (QED) is 0.821. The molecule has 20 heavy (non-hydrogen) atoms. The molecule has 104 valence electrons. The Bertz CT molecular complexity index is 608. The molecule has 0 aliphatic heterocycles. The van der Waals surface area contributed by atoms with Gasteiger partial charge in [-0.3, -0.25) is 0 Å². The van der Waals surface area contributed by atoms with E-state index in [4.69, 9.17) is 5.73 Å². The Labute approximate surface area is 119 Å². The number of nitrogens with two attached hydrogens (primary N) is 1. The fraction of sp³-hybridized carbons (Fsp3) is 0.333. The summed E-state index contributed by atoms with van der Waals surface area (Å²) in [6, 6.07) is 15.2. The molecule has 2 aromatic rings. The molecule has 0 amide bonds.